The fourth-order valence-electron chi connectivity index (χ4n) is 3.11. The van der Waals surface area contributed by atoms with Crippen LogP contribution in [0.25, 0.3) is 16.6 Å². The van der Waals surface area contributed by atoms with Gasteiger partial charge in [-0.2, -0.15) is 9.97 Å². The summed E-state index contributed by atoms with van der Waals surface area (Å²) in [4.78, 5) is 29.7. The van der Waals surface area contributed by atoms with E-state index in [9.17, 15) is 9.18 Å². The molecule has 5 N–H and O–H groups in total. The predicted molar refractivity (Wildman–Crippen MR) is 118 cm³/mol. The highest BCUT2D eigenvalue weighted by molar-refractivity contribution is 6.35. The number of rotatable bonds is 4. The number of hydrogen-bond donors (Lipinski definition) is 3. The van der Waals surface area contributed by atoms with Gasteiger partial charge < -0.3 is 16.8 Å². The summed E-state index contributed by atoms with van der Waals surface area (Å²) < 4.78 is 15.8. The average Bonchev–Trinajstić information content (AvgIpc) is 2.74. The van der Waals surface area contributed by atoms with E-state index in [0.717, 1.165) is 6.07 Å². The fourth-order valence-corrected chi connectivity index (χ4v) is 3.48. The molecule has 0 amide bonds. The first-order valence-corrected chi connectivity index (χ1v) is 9.69. The third-order valence-corrected chi connectivity index (χ3v) is 5.18. The number of benzene rings is 1. The van der Waals surface area contributed by atoms with Crippen molar-refractivity contribution >= 4 is 51.7 Å². The zero-order valence-corrected chi connectivity index (χ0v) is 17.5. The van der Waals surface area contributed by atoms with Crippen molar-refractivity contribution in [2.45, 2.75) is 13.0 Å². The van der Waals surface area contributed by atoms with Crippen LogP contribution in [0, 0.1) is 5.82 Å². The van der Waals surface area contributed by atoms with Crippen LogP contribution >= 0.6 is 23.2 Å². The number of pyridine rings is 1. The van der Waals surface area contributed by atoms with Crippen molar-refractivity contribution in [2.24, 2.45) is 0 Å². The Morgan fingerprint density at radius 1 is 1.16 bits per heavy atom. The molecule has 0 aliphatic carbocycles. The molecule has 3 aromatic heterocycles. The molecule has 1 atom stereocenters. The van der Waals surface area contributed by atoms with Gasteiger partial charge in [-0.3, -0.25) is 14.3 Å². The molecule has 0 aliphatic rings. The molecule has 0 spiro atoms. The van der Waals surface area contributed by atoms with Gasteiger partial charge in [-0.25, -0.2) is 9.37 Å². The lowest BCUT2D eigenvalue weighted by molar-refractivity contribution is 0.632. The van der Waals surface area contributed by atoms with E-state index < -0.39 is 17.4 Å². The van der Waals surface area contributed by atoms with Gasteiger partial charge in [0.25, 0.3) is 5.56 Å². The molecular weight excluding hydrogens is 446 g/mol. The van der Waals surface area contributed by atoms with Crippen LogP contribution in [0.3, 0.4) is 0 Å². The fraction of sp³-hybridized carbons (Fsp3) is 0.105. The highest BCUT2D eigenvalue weighted by Gasteiger charge is 2.22. The lowest BCUT2D eigenvalue weighted by Crippen LogP contribution is -2.28. The van der Waals surface area contributed by atoms with Gasteiger partial charge in [0.2, 0.25) is 5.95 Å². The van der Waals surface area contributed by atoms with Crippen molar-refractivity contribution in [3.8, 4) is 5.69 Å². The molecule has 0 fully saturated rings. The Kier molecular flexibility index (Phi) is 5.34. The normalized spacial score (nSPS) is 12.1. The Morgan fingerprint density at radius 3 is 2.65 bits per heavy atom. The first-order chi connectivity index (χ1) is 14.8. The minimum absolute atomic E-state index is 0.0159. The van der Waals surface area contributed by atoms with Gasteiger partial charge in [-0.05, 0) is 31.2 Å². The lowest BCUT2D eigenvalue weighted by Gasteiger charge is -2.21. The van der Waals surface area contributed by atoms with E-state index in [1.54, 1.807) is 25.3 Å². The predicted octanol–water partition coefficient (Wildman–Crippen LogP) is 3.35. The highest BCUT2D eigenvalue weighted by atomic mass is 35.5. The van der Waals surface area contributed by atoms with Crippen molar-refractivity contribution in [1.29, 1.82) is 0 Å². The molecule has 3 heterocycles. The Labute approximate surface area is 184 Å². The maximum absolute atomic E-state index is 14.5. The molecule has 31 heavy (non-hydrogen) atoms. The molecule has 0 saturated heterocycles. The topological polar surface area (TPSA) is 138 Å². The van der Waals surface area contributed by atoms with Crippen molar-refractivity contribution < 1.29 is 4.39 Å². The van der Waals surface area contributed by atoms with E-state index in [2.05, 4.69) is 25.3 Å². The number of fused-ring (bicyclic) bond motifs is 1. The van der Waals surface area contributed by atoms with E-state index in [0.29, 0.717) is 5.69 Å². The summed E-state index contributed by atoms with van der Waals surface area (Å²) in [6, 6.07) is 5.09. The van der Waals surface area contributed by atoms with Crippen LogP contribution in [0.1, 0.15) is 18.8 Å². The minimum Gasteiger partial charge on any atom is -0.382 e. The zero-order valence-electron chi connectivity index (χ0n) is 16.0. The smallest absolute Gasteiger partial charge is 0.267 e. The largest absolute Gasteiger partial charge is 0.382 e. The molecule has 0 saturated carbocycles. The van der Waals surface area contributed by atoms with E-state index in [-0.39, 0.29) is 44.4 Å². The second kappa shape index (κ2) is 7.97. The molecule has 0 aliphatic heterocycles. The van der Waals surface area contributed by atoms with Gasteiger partial charge in [0.15, 0.2) is 5.82 Å². The van der Waals surface area contributed by atoms with Gasteiger partial charge >= 0.3 is 0 Å². The Balaban J connectivity index is 1.96. The molecule has 4 aromatic rings. The first-order valence-electron chi connectivity index (χ1n) is 8.94. The molecule has 4 rings (SSSR count). The number of nitrogens with zero attached hydrogens (tertiary/aromatic N) is 5. The number of halogens is 3. The summed E-state index contributed by atoms with van der Waals surface area (Å²) in [7, 11) is 0. The van der Waals surface area contributed by atoms with Gasteiger partial charge in [-0.1, -0.05) is 23.2 Å². The van der Waals surface area contributed by atoms with Crippen molar-refractivity contribution in [2.75, 3.05) is 16.8 Å². The van der Waals surface area contributed by atoms with Crippen LogP contribution in [-0.4, -0.2) is 24.5 Å². The number of hydrogen-bond acceptors (Lipinski definition) is 8. The standard InChI is InChI=1S/C19H15Cl2FN8O/c1-8(26-16-13(21)15(23)28-19(24)29-16)17-27-14-11(22)5-4-10(20)12(14)18(31)30(17)9-3-2-6-25-7-9/h2-8H,1H3,(H5,23,24,26,28,29). The third kappa shape index (κ3) is 3.71. The molecule has 9 nitrogen and oxygen atoms in total. The lowest BCUT2D eigenvalue weighted by atomic mass is 10.2. The van der Waals surface area contributed by atoms with E-state index in [1.165, 1.54) is 16.8 Å². The molecular formula is C19H15Cl2FN8O. The Bertz CT molecular complexity index is 1360. The van der Waals surface area contributed by atoms with Gasteiger partial charge in [0, 0.05) is 6.20 Å². The Hall–Kier alpha value is -3.50. The summed E-state index contributed by atoms with van der Waals surface area (Å²) in [6.45, 7) is 1.69. The Morgan fingerprint density at radius 2 is 1.94 bits per heavy atom. The summed E-state index contributed by atoms with van der Waals surface area (Å²) in [6.07, 6.45) is 3.04. The van der Waals surface area contributed by atoms with Gasteiger partial charge in [-0.15, -0.1) is 0 Å². The number of nitrogens with one attached hydrogen (secondary N) is 1. The van der Waals surface area contributed by atoms with Crippen LogP contribution < -0.4 is 22.3 Å². The van der Waals surface area contributed by atoms with Crippen LogP contribution in [0.2, 0.25) is 10.0 Å². The first kappa shape index (κ1) is 20.8. The summed E-state index contributed by atoms with van der Waals surface area (Å²) in [5, 5.41) is 3.09. The van der Waals surface area contributed by atoms with Crippen LogP contribution in [0.15, 0.2) is 41.5 Å². The van der Waals surface area contributed by atoms with E-state index >= 15 is 0 Å². The molecule has 0 bridgehead atoms. The molecule has 158 valence electrons. The zero-order chi connectivity index (χ0) is 22.3. The third-order valence-electron chi connectivity index (χ3n) is 4.49. The second-order valence-electron chi connectivity index (χ2n) is 6.57. The van der Waals surface area contributed by atoms with Crippen LogP contribution in [0.4, 0.5) is 22.0 Å². The number of anilines is 3. The molecule has 1 aromatic carbocycles. The molecule has 12 heteroatoms. The van der Waals surface area contributed by atoms with E-state index in [1.807, 2.05) is 0 Å². The van der Waals surface area contributed by atoms with Gasteiger partial charge in [0.1, 0.15) is 28.0 Å². The van der Waals surface area contributed by atoms with Crippen molar-refractivity contribution in [3.05, 3.63) is 68.7 Å². The average molecular weight is 461 g/mol. The van der Waals surface area contributed by atoms with Crippen molar-refractivity contribution in [3.63, 3.8) is 0 Å². The summed E-state index contributed by atoms with van der Waals surface area (Å²) >= 11 is 12.4. The molecule has 1 unspecified atom stereocenters. The minimum atomic E-state index is -0.693. The van der Waals surface area contributed by atoms with Crippen LogP contribution in [0.5, 0.6) is 0 Å². The summed E-state index contributed by atoms with van der Waals surface area (Å²) in [5.74, 6) is -0.489. The number of nitrogen functional groups attached to an aromatic ring is 2. The molecule has 0 radical (unpaired) electrons. The SMILES string of the molecule is CC(Nc1nc(N)nc(N)c1Cl)c1nc2c(F)ccc(Cl)c2c(=O)n1-c1cccnc1. The number of aromatic nitrogens is 5. The number of nitrogens with two attached hydrogens (primary N) is 2. The quantitative estimate of drug-likeness (QED) is 0.421. The highest BCUT2D eigenvalue weighted by Crippen LogP contribution is 2.30. The van der Waals surface area contributed by atoms with Gasteiger partial charge in [0.05, 0.1) is 28.3 Å². The van der Waals surface area contributed by atoms with E-state index in [4.69, 9.17) is 34.7 Å². The maximum atomic E-state index is 14.5. The maximum Gasteiger partial charge on any atom is 0.267 e. The monoisotopic (exact) mass is 460 g/mol. The summed E-state index contributed by atoms with van der Waals surface area (Å²) in [5.41, 5.74) is 11.1. The van der Waals surface area contributed by atoms with Crippen LogP contribution in [-0.2, 0) is 0 Å². The second-order valence-corrected chi connectivity index (χ2v) is 7.36. The van der Waals surface area contributed by atoms with Crippen molar-refractivity contribution in [1.82, 2.24) is 24.5 Å².